The van der Waals surface area contributed by atoms with E-state index >= 15 is 0 Å². The number of aliphatic hydroxyl groups is 1. The van der Waals surface area contributed by atoms with Crippen LogP contribution in [0.2, 0.25) is 0 Å². The Morgan fingerprint density at radius 1 is 1.22 bits per heavy atom. The Hall–Kier alpha value is -4.11. The summed E-state index contributed by atoms with van der Waals surface area (Å²) in [6.45, 7) is 4.79. The summed E-state index contributed by atoms with van der Waals surface area (Å²) in [5.74, 6) is 0.749. The number of aromatic amines is 1. The Kier molecular flexibility index (Phi) is 6.24. The molecule has 2 aromatic heterocycles. The number of β-amino-alcohol motifs (C(OH)–C–C–N with tert-alkyl or cyclic N) is 1. The van der Waals surface area contributed by atoms with Crippen LogP contribution in [0.5, 0.6) is 11.5 Å². The Balaban J connectivity index is 1.26. The van der Waals surface area contributed by atoms with Gasteiger partial charge in [0.2, 0.25) is 0 Å². The molecule has 0 spiro atoms. The molecule has 3 aromatic rings. The lowest BCUT2D eigenvalue weighted by molar-refractivity contribution is -0.126. The highest BCUT2D eigenvalue weighted by Crippen LogP contribution is 2.32. The lowest BCUT2D eigenvalue weighted by Crippen LogP contribution is -2.37. The van der Waals surface area contributed by atoms with E-state index in [0.29, 0.717) is 53.6 Å². The van der Waals surface area contributed by atoms with Crippen LogP contribution in [0, 0.1) is 5.41 Å². The molecule has 3 N–H and O–H groups in total. The molecular formula is C27H28N4O5. The summed E-state index contributed by atoms with van der Waals surface area (Å²) in [5, 5.41) is 12.6. The third kappa shape index (κ3) is 4.96. The highest BCUT2D eigenvalue weighted by Gasteiger charge is 2.38. The minimum Gasteiger partial charge on any atom is -0.488 e. The van der Waals surface area contributed by atoms with Gasteiger partial charge in [-0.25, -0.2) is 0 Å². The standard InChI is InChI=1S/C27H28N4O5/c1-27(2)8-11-35-24(27)25(33)30-18-4-3-5-20(13-18)36-21-6-9-28-23(14-21)22-12-17(15-29-22)26(34)31-10-7-19(32)16-31/h3-6,8-9,11-15,19,24,29,32H,7,10,16H2,1-2H3,(H,30,33)/t19-,24?/m0/s1. The van der Waals surface area contributed by atoms with Crippen LogP contribution in [0.25, 0.3) is 11.4 Å². The highest BCUT2D eigenvalue weighted by atomic mass is 16.5. The molecule has 0 radical (unpaired) electrons. The van der Waals surface area contributed by atoms with Gasteiger partial charge in [-0.3, -0.25) is 14.6 Å². The quantitative estimate of drug-likeness (QED) is 0.484. The van der Waals surface area contributed by atoms with Crippen molar-refractivity contribution < 1.29 is 24.2 Å². The summed E-state index contributed by atoms with van der Waals surface area (Å²) >= 11 is 0. The Morgan fingerprint density at radius 2 is 2.06 bits per heavy atom. The van der Waals surface area contributed by atoms with Gasteiger partial charge in [0.1, 0.15) is 11.5 Å². The monoisotopic (exact) mass is 488 g/mol. The van der Waals surface area contributed by atoms with Crippen molar-refractivity contribution in [3.05, 3.63) is 72.8 Å². The van der Waals surface area contributed by atoms with Crippen molar-refractivity contribution in [1.29, 1.82) is 0 Å². The zero-order chi connectivity index (χ0) is 25.3. The molecule has 2 aliphatic rings. The number of rotatable bonds is 6. The number of nitrogens with zero attached hydrogens (tertiary/aromatic N) is 2. The van der Waals surface area contributed by atoms with Crippen molar-refractivity contribution in [1.82, 2.24) is 14.9 Å². The van der Waals surface area contributed by atoms with Crippen LogP contribution < -0.4 is 10.1 Å². The van der Waals surface area contributed by atoms with Crippen LogP contribution >= 0.6 is 0 Å². The first-order valence-corrected chi connectivity index (χ1v) is 11.8. The van der Waals surface area contributed by atoms with Crippen molar-refractivity contribution in [3.8, 4) is 22.9 Å². The molecule has 4 heterocycles. The SMILES string of the molecule is CC1(C)C=COC1C(=O)Nc1cccc(Oc2ccnc(-c3cc(C(=O)N4CC[C@H](O)C4)c[nH]3)c2)c1. The van der Waals surface area contributed by atoms with Crippen LogP contribution in [0.15, 0.2) is 67.2 Å². The molecule has 0 aliphatic carbocycles. The predicted octanol–water partition coefficient (Wildman–Crippen LogP) is 3.95. The number of aliphatic hydroxyl groups excluding tert-OH is 1. The van der Waals surface area contributed by atoms with Gasteiger partial charge >= 0.3 is 0 Å². The first-order valence-electron chi connectivity index (χ1n) is 11.8. The maximum atomic E-state index is 12.7. The molecule has 2 atom stereocenters. The van der Waals surface area contributed by atoms with Gasteiger partial charge < -0.3 is 29.8 Å². The minimum atomic E-state index is -0.599. The molecule has 2 aliphatic heterocycles. The number of nitrogens with one attached hydrogen (secondary N) is 2. The lowest BCUT2D eigenvalue weighted by atomic mass is 9.87. The van der Waals surface area contributed by atoms with Gasteiger partial charge in [-0.05, 0) is 36.8 Å². The topological polar surface area (TPSA) is 117 Å². The molecule has 1 saturated heterocycles. The van der Waals surface area contributed by atoms with Crippen molar-refractivity contribution in [2.75, 3.05) is 18.4 Å². The molecular weight excluding hydrogens is 460 g/mol. The predicted molar refractivity (Wildman–Crippen MR) is 133 cm³/mol. The van der Waals surface area contributed by atoms with Gasteiger partial charge in [0, 0.05) is 48.7 Å². The van der Waals surface area contributed by atoms with Gasteiger partial charge in [0.15, 0.2) is 6.10 Å². The third-order valence-corrected chi connectivity index (χ3v) is 6.35. The molecule has 9 nitrogen and oxygen atoms in total. The zero-order valence-electron chi connectivity index (χ0n) is 20.1. The molecule has 0 bridgehead atoms. The summed E-state index contributed by atoms with van der Waals surface area (Å²) in [6, 6.07) is 12.4. The summed E-state index contributed by atoms with van der Waals surface area (Å²) in [4.78, 5) is 34.5. The molecule has 2 amide bonds. The van der Waals surface area contributed by atoms with Gasteiger partial charge in [0.05, 0.1) is 29.3 Å². The number of likely N-dealkylation sites (tertiary alicyclic amines) is 1. The second-order valence-electron chi connectivity index (χ2n) is 9.63. The van der Waals surface area contributed by atoms with Crippen molar-refractivity contribution >= 4 is 17.5 Å². The second kappa shape index (κ2) is 9.50. The second-order valence-corrected chi connectivity index (χ2v) is 9.63. The van der Waals surface area contributed by atoms with E-state index in [2.05, 4.69) is 15.3 Å². The van der Waals surface area contributed by atoms with Gasteiger partial charge in [-0.15, -0.1) is 0 Å². The molecule has 186 valence electrons. The van der Waals surface area contributed by atoms with Crippen molar-refractivity contribution in [2.45, 2.75) is 32.5 Å². The fourth-order valence-corrected chi connectivity index (χ4v) is 4.33. The number of H-pyrrole nitrogens is 1. The Labute approximate surface area is 208 Å². The molecule has 1 aromatic carbocycles. The van der Waals surface area contributed by atoms with Crippen LogP contribution in [0.4, 0.5) is 5.69 Å². The number of hydrogen-bond donors (Lipinski definition) is 3. The van der Waals surface area contributed by atoms with E-state index < -0.39 is 12.2 Å². The summed E-state index contributed by atoms with van der Waals surface area (Å²) in [5.41, 5.74) is 2.02. The van der Waals surface area contributed by atoms with Crippen LogP contribution in [0.1, 0.15) is 30.6 Å². The number of carbonyl (C=O) groups excluding carboxylic acids is 2. The number of anilines is 1. The molecule has 0 saturated carbocycles. The number of ether oxygens (including phenoxy) is 2. The van der Waals surface area contributed by atoms with E-state index in [0.717, 1.165) is 0 Å². The number of pyridine rings is 1. The number of amides is 2. The van der Waals surface area contributed by atoms with Crippen LogP contribution in [-0.4, -0.2) is 57.1 Å². The van der Waals surface area contributed by atoms with Gasteiger partial charge in [0.25, 0.3) is 11.8 Å². The number of benzene rings is 1. The average Bonchev–Trinajstić information content (AvgIpc) is 3.59. The molecule has 5 rings (SSSR count). The fourth-order valence-electron chi connectivity index (χ4n) is 4.33. The van der Waals surface area contributed by atoms with E-state index in [1.165, 1.54) is 0 Å². The lowest BCUT2D eigenvalue weighted by Gasteiger charge is -2.23. The molecule has 1 fully saturated rings. The van der Waals surface area contributed by atoms with Gasteiger partial charge in [-0.2, -0.15) is 0 Å². The average molecular weight is 489 g/mol. The first-order chi connectivity index (χ1) is 17.3. The minimum absolute atomic E-state index is 0.123. The van der Waals surface area contributed by atoms with Crippen LogP contribution in [-0.2, 0) is 9.53 Å². The van der Waals surface area contributed by atoms with E-state index in [1.54, 1.807) is 66.0 Å². The first kappa shape index (κ1) is 23.6. The molecule has 36 heavy (non-hydrogen) atoms. The Bertz CT molecular complexity index is 1310. The number of carbonyl (C=O) groups is 2. The normalized spacial score (nSPS) is 20.2. The Morgan fingerprint density at radius 3 is 2.81 bits per heavy atom. The maximum Gasteiger partial charge on any atom is 0.266 e. The summed E-state index contributed by atoms with van der Waals surface area (Å²) < 4.78 is 11.5. The highest BCUT2D eigenvalue weighted by molar-refractivity contribution is 5.96. The van der Waals surface area contributed by atoms with Gasteiger partial charge in [-0.1, -0.05) is 19.9 Å². The smallest absolute Gasteiger partial charge is 0.266 e. The fraction of sp³-hybridized carbons (Fsp3) is 0.296. The van der Waals surface area contributed by atoms with Crippen molar-refractivity contribution in [2.24, 2.45) is 5.41 Å². The van der Waals surface area contributed by atoms with E-state index in [4.69, 9.17) is 9.47 Å². The number of hydrogen-bond acceptors (Lipinski definition) is 6. The van der Waals surface area contributed by atoms with E-state index in [9.17, 15) is 14.7 Å². The zero-order valence-corrected chi connectivity index (χ0v) is 20.1. The molecule has 9 heteroatoms. The maximum absolute atomic E-state index is 12.7. The van der Waals surface area contributed by atoms with E-state index in [1.807, 2.05) is 19.9 Å². The summed E-state index contributed by atoms with van der Waals surface area (Å²) in [6.07, 6.45) is 6.24. The summed E-state index contributed by atoms with van der Waals surface area (Å²) in [7, 11) is 0. The third-order valence-electron chi connectivity index (χ3n) is 6.35. The number of aromatic nitrogens is 2. The molecule has 1 unspecified atom stereocenters. The largest absolute Gasteiger partial charge is 0.488 e. The van der Waals surface area contributed by atoms with Crippen molar-refractivity contribution in [3.63, 3.8) is 0 Å². The van der Waals surface area contributed by atoms with Crippen LogP contribution in [0.3, 0.4) is 0 Å². The van der Waals surface area contributed by atoms with E-state index in [-0.39, 0.29) is 17.2 Å².